The molecule has 1 aromatic carbocycles. The molecule has 1 atom stereocenters. The third kappa shape index (κ3) is 4.75. The summed E-state index contributed by atoms with van der Waals surface area (Å²) in [6.45, 7) is 9.80. The summed E-state index contributed by atoms with van der Waals surface area (Å²) in [5.41, 5.74) is 0.842. The van der Waals surface area contributed by atoms with Gasteiger partial charge in [0.25, 0.3) is 0 Å². The first-order valence-corrected chi connectivity index (χ1v) is 8.47. The van der Waals surface area contributed by atoms with Crippen molar-refractivity contribution in [3.63, 3.8) is 0 Å². The quantitative estimate of drug-likeness (QED) is 0.834. The number of rotatable bonds is 5. The van der Waals surface area contributed by atoms with Gasteiger partial charge in [0.15, 0.2) is 0 Å². The van der Waals surface area contributed by atoms with Crippen LogP contribution in [-0.4, -0.2) is 35.4 Å². The molecule has 6 heteroatoms. The molecule has 0 aliphatic carbocycles. The summed E-state index contributed by atoms with van der Waals surface area (Å²) in [5.74, 6) is -0.372. The molecule has 0 aliphatic heterocycles. The number of ether oxygens (including phenoxy) is 2. The summed E-state index contributed by atoms with van der Waals surface area (Å²) in [6.07, 6.45) is -0.478. The van der Waals surface area contributed by atoms with Crippen molar-refractivity contribution in [3.05, 3.63) is 36.0 Å². The van der Waals surface area contributed by atoms with Crippen LogP contribution in [0.5, 0.6) is 0 Å². The molecule has 6 nitrogen and oxygen atoms in total. The van der Waals surface area contributed by atoms with Crippen LogP contribution in [0.4, 0.5) is 4.79 Å². The van der Waals surface area contributed by atoms with Crippen molar-refractivity contribution in [2.75, 3.05) is 13.2 Å². The molecule has 1 amide bonds. The van der Waals surface area contributed by atoms with Gasteiger partial charge < -0.3 is 19.4 Å². The molecule has 2 aromatic rings. The van der Waals surface area contributed by atoms with Crippen LogP contribution in [0.1, 0.15) is 51.1 Å². The van der Waals surface area contributed by atoms with Gasteiger partial charge in [-0.25, -0.2) is 9.59 Å². The predicted molar refractivity (Wildman–Crippen MR) is 96.8 cm³/mol. The van der Waals surface area contributed by atoms with Crippen molar-refractivity contribution in [1.82, 2.24) is 9.88 Å². The number of amides is 1. The largest absolute Gasteiger partial charge is 0.461 e. The Hall–Kier alpha value is -2.50. The highest BCUT2D eigenvalue weighted by Crippen LogP contribution is 2.24. The van der Waals surface area contributed by atoms with Gasteiger partial charge in [-0.3, -0.25) is 0 Å². The van der Waals surface area contributed by atoms with Gasteiger partial charge in [0.2, 0.25) is 0 Å². The Morgan fingerprint density at radius 1 is 1.24 bits per heavy atom. The number of fused-ring (bicyclic) bond motifs is 1. The number of aromatic nitrogens is 1. The number of para-hydroxylation sites is 1. The van der Waals surface area contributed by atoms with E-state index in [1.165, 1.54) is 0 Å². The van der Waals surface area contributed by atoms with Gasteiger partial charge in [-0.05, 0) is 46.8 Å². The zero-order chi connectivity index (χ0) is 18.6. The first kappa shape index (κ1) is 18.8. The minimum Gasteiger partial charge on any atom is -0.461 e. The van der Waals surface area contributed by atoms with Gasteiger partial charge in [-0.1, -0.05) is 18.2 Å². The van der Waals surface area contributed by atoms with E-state index in [1.807, 2.05) is 62.6 Å². The summed E-state index contributed by atoms with van der Waals surface area (Å²) in [5, 5.41) is 3.71. The predicted octanol–water partition coefficient (Wildman–Crippen LogP) is 3.90. The van der Waals surface area contributed by atoms with Crippen LogP contribution < -0.4 is 5.32 Å². The molecule has 0 saturated carbocycles. The number of esters is 1. The Kier molecular flexibility index (Phi) is 5.72. The molecule has 1 unspecified atom stereocenters. The lowest BCUT2D eigenvalue weighted by Crippen LogP contribution is -2.35. The lowest BCUT2D eigenvalue weighted by atomic mass is 10.2. The number of carbonyl (C=O) groups excluding carboxylic acids is 2. The van der Waals surface area contributed by atoms with E-state index in [1.54, 1.807) is 6.92 Å². The summed E-state index contributed by atoms with van der Waals surface area (Å²) < 4.78 is 12.3. The van der Waals surface area contributed by atoms with Crippen molar-refractivity contribution < 1.29 is 19.1 Å². The number of benzene rings is 1. The number of hydrogen-bond donors (Lipinski definition) is 1. The van der Waals surface area contributed by atoms with Gasteiger partial charge in [0, 0.05) is 23.5 Å². The molecule has 1 heterocycles. The summed E-state index contributed by atoms with van der Waals surface area (Å²) in [6, 6.07) is 9.40. The second kappa shape index (κ2) is 7.59. The van der Waals surface area contributed by atoms with Gasteiger partial charge in [-0.15, -0.1) is 0 Å². The molecule has 0 bridgehead atoms. The van der Waals surface area contributed by atoms with E-state index in [0.29, 0.717) is 18.8 Å². The first-order chi connectivity index (χ1) is 11.7. The molecule has 0 aliphatic rings. The number of nitrogens with zero attached hydrogens (tertiary/aromatic N) is 1. The zero-order valence-electron chi connectivity index (χ0n) is 15.5. The van der Waals surface area contributed by atoms with Crippen molar-refractivity contribution in [3.8, 4) is 0 Å². The normalized spacial score (nSPS) is 12.7. The molecule has 1 N–H and O–H groups in total. The molecule has 25 heavy (non-hydrogen) atoms. The van der Waals surface area contributed by atoms with E-state index in [0.717, 1.165) is 10.9 Å². The lowest BCUT2D eigenvalue weighted by Gasteiger charge is -2.22. The average molecular weight is 346 g/mol. The van der Waals surface area contributed by atoms with Crippen molar-refractivity contribution in [1.29, 1.82) is 0 Å². The molecule has 136 valence electrons. The van der Waals surface area contributed by atoms with E-state index in [2.05, 4.69) is 5.32 Å². The summed E-state index contributed by atoms with van der Waals surface area (Å²) in [4.78, 5) is 24.2. The fourth-order valence-electron chi connectivity index (χ4n) is 2.65. The number of nitrogens with one attached hydrogen (secondary N) is 1. The van der Waals surface area contributed by atoms with Crippen LogP contribution in [0.15, 0.2) is 30.3 Å². The smallest absolute Gasteiger partial charge is 0.407 e. The third-order valence-electron chi connectivity index (χ3n) is 3.61. The van der Waals surface area contributed by atoms with Crippen LogP contribution in [0.25, 0.3) is 10.9 Å². The molecule has 0 spiro atoms. The summed E-state index contributed by atoms with van der Waals surface area (Å²) in [7, 11) is 0. The second-order valence-electron chi connectivity index (χ2n) is 6.91. The average Bonchev–Trinajstić information content (AvgIpc) is 2.91. The monoisotopic (exact) mass is 346 g/mol. The summed E-state index contributed by atoms with van der Waals surface area (Å²) >= 11 is 0. The number of carbonyl (C=O) groups is 2. The maximum absolute atomic E-state index is 12.3. The van der Waals surface area contributed by atoms with E-state index in [9.17, 15) is 9.59 Å². The van der Waals surface area contributed by atoms with Crippen LogP contribution in [-0.2, 0) is 9.47 Å². The van der Waals surface area contributed by atoms with E-state index in [4.69, 9.17) is 9.47 Å². The van der Waals surface area contributed by atoms with E-state index >= 15 is 0 Å². The number of hydrogen-bond acceptors (Lipinski definition) is 4. The maximum Gasteiger partial charge on any atom is 0.407 e. The van der Waals surface area contributed by atoms with Crippen LogP contribution in [0.2, 0.25) is 0 Å². The lowest BCUT2D eigenvalue weighted by molar-refractivity contribution is 0.0512. The van der Waals surface area contributed by atoms with Crippen LogP contribution in [0, 0.1) is 0 Å². The van der Waals surface area contributed by atoms with Crippen LogP contribution in [0.3, 0.4) is 0 Å². The fraction of sp³-hybridized carbons (Fsp3) is 0.474. The Labute approximate surface area is 148 Å². The zero-order valence-corrected chi connectivity index (χ0v) is 15.5. The standard InChI is InChI=1S/C19H26N2O4/c1-6-24-17(22)16-11-14-9-7-8-10-15(14)21(16)13(2)12-20-18(23)25-19(3,4)5/h7-11,13H,6,12H2,1-5H3,(H,20,23). The molecule has 0 radical (unpaired) electrons. The van der Waals surface area contributed by atoms with Crippen molar-refractivity contribution in [2.45, 2.75) is 46.3 Å². The molecule has 0 fully saturated rings. The Morgan fingerprint density at radius 2 is 1.92 bits per heavy atom. The molecule has 1 aromatic heterocycles. The third-order valence-corrected chi connectivity index (χ3v) is 3.61. The Bertz CT molecular complexity index is 758. The number of alkyl carbamates (subject to hydrolysis) is 1. The minimum absolute atomic E-state index is 0.146. The van der Waals surface area contributed by atoms with Gasteiger partial charge in [-0.2, -0.15) is 0 Å². The molecule has 0 saturated heterocycles. The van der Waals surface area contributed by atoms with Crippen molar-refractivity contribution >= 4 is 23.0 Å². The van der Waals surface area contributed by atoms with Gasteiger partial charge in [0.05, 0.1) is 6.61 Å². The molecular formula is C19H26N2O4. The second-order valence-corrected chi connectivity index (χ2v) is 6.91. The highest BCUT2D eigenvalue weighted by atomic mass is 16.6. The topological polar surface area (TPSA) is 69.6 Å². The fourth-order valence-corrected chi connectivity index (χ4v) is 2.65. The maximum atomic E-state index is 12.3. The highest BCUT2D eigenvalue weighted by Gasteiger charge is 2.22. The van der Waals surface area contributed by atoms with Crippen LogP contribution >= 0.6 is 0 Å². The SMILES string of the molecule is CCOC(=O)c1cc2ccccc2n1C(C)CNC(=O)OC(C)(C)C. The highest BCUT2D eigenvalue weighted by molar-refractivity contribution is 5.95. The Morgan fingerprint density at radius 3 is 2.56 bits per heavy atom. The minimum atomic E-state index is -0.552. The first-order valence-electron chi connectivity index (χ1n) is 8.47. The van der Waals surface area contributed by atoms with Gasteiger partial charge in [0.1, 0.15) is 11.3 Å². The molecular weight excluding hydrogens is 320 g/mol. The Balaban J connectivity index is 2.24. The van der Waals surface area contributed by atoms with Gasteiger partial charge >= 0.3 is 12.1 Å². The van der Waals surface area contributed by atoms with E-state index < -0.39 is 11.7 Å². The van der Waals surface area contributed by atoms with Crippen molar-refractivity contribution in [2.24, 2.45) is 0 Å². The molecule has 2 rings (SSSR count). The van der Waals surface area contributed by atoms with E-state index in [-0.39, 0.29) is 12.0 Å².